The van der Waals surface area contributed by atoms with Crippen molar-refractivity contribution in [3.05, 3.63) is 169 Å². The van der Waals surface area contributed by atoms with Crippen molar-refractivity contribution in [2.75, 3.05) is 0 Å². The van der Waals surface area contributed by atoms with Gasteiger partial charge in [0.2, 0.25) is 0 Å². The molecule has 0 unspecified atom stereocenters. The number of aromatic nitrogens is 2. The van der Waals surface area contributed by atoms with Crippen LogP contribution < -0.4 is 0 Å². The minimum absolute atomic E-state index is 0.668. The molecule has 9 rings (SSSR count). The summed E-state index contributed by atoms with van der Waals surface area (Å²) in [5.74, 6) is 0. The highest BCUT2D eigenvalue weighted by atomic mass is 15.0. The van der Waals surface area contributed by atoms with Crippen LogP contribution in [0.2, 0.25) is 0 Å². The van der Waals surface area contributed by atoms with E-state index in [1.807, 2.05) is 0 Å². The van der Waals surface area contributed by atoms with Gasteiger partial charge in [0.1, 0.15) is 6.07 Å². The highest BCUT2D eigenvalue weighted by molar-refractivity contribution is 6.10. The molecule has 0 atom stereocenters. The van der Waals surface area contributed by atoms with Crippen LogP contribution in [0.3, 0.4) is 0 Å². The van der Waals surface area contributed by atoms with Gasteiger partial charge in [-0.2, -0.15) is 5.26 Å². The van der Waals surface area contributed by atoms with E-state index in [0.29, 0.717) is 5.56 Å². The molecule has 9 aromatic rings. The van der Waals surface area contributed by atoms with E-state index in [9.17, 15) is 5.26 Å². The normalized spacial score (nSPS) is 11.5. The first-order chi connectivity index (χ1) is 22.8. The average molecular weight is 586 g/mol. The Bertz CT molecular complexity index is 2380. The van der Waals surface area contributed by atoms with E-state index in [1.54, 1.807) is 0 Å². The van der Waals surface area contributed by atoms with Gasteiger partial charge in [0.05, 0.1) is 27.6 Å². The largest absolute Gasteiger partial charge is 0.309 e. The smallest absolute Gasteiger partial charge is 0.100 e. The lowest BCUT2D eigenvalue weighted by atomic mass is 9.92. The van der Waals surface area contributed by atoms with Crippen LogP contribution >= 0.6 is 0 Å². The number of nitriles is 1. The zero-order chi connectivity index (χ0) is 30.6. The summed E-state index contributed by atoms with van der Waals surface area (Å²) in [6.07, 6.45) is 0. The van der Waals surface area contributed by atoms with Gasteiger partial charge in [-0.15, -0.1) is 0 Å². The molecule has 46 heavy (non-hydrogen) atoms. The Morgan fingerprint density at radius 2 is 0.717 bits per heavy atom. The van der Waals surface area contributed by atoms with E-state index < -0.39 is 0 Å². The Kier molecular flexibility index (Phi) is 5.88. The summed E-state index contributed by atoms with van der Waals surface area (Å²) in [6.45, 7) is 0. The maximum atomic E-state index is 10.6. The molecule has 214 valence electrons. The predicted molar refractivity (Wildman–Crippen MR) is 191 cm³/mol. The second-order valence-corrected chi connectivity index (χ2v) is 11.7. The number of hydrogen-bond acceptors (Lipinski definition) is 1. The highest BCUT2D eigenvalue weighted by Crippen LogP contribution is 2.37. The number of hydrogen-bond donors (Lipinski definition) is 0. The van der Waals surface area contributed by atoms with Crippen LogP contribution in [0.25, 0.3) is 77.2 Å². The lowest BCUT2D eigenvalue weighted by molar-refractivity contribution is 1.18. The van der Waals surface area contributed by atoms with E-state index in [0.717, 1.165) is 55.7 Å². The summed E-state index contributed by atoms with van der Waals surface area (Å²) < 4.78 is 4.64. The SMILES string of the molecule is N#Cc1c(-c2cccc(-n3c4ccccc4c4ccccc43)c2)cccc1-c1cccc(-n2c3ccccc3c3ccccc32)c1. The monoisotopic (exact) mass is 585 g/mol. The Morgan fingerprint density at radius 3 is 1.09 bits per heavy atom. The van der Waals surface area contributed by atoms with Gasteiger partial charge in [0, 0.05) is 44.0 Å². The van der Waals surface area contributed by atoms with Crippen molar-refractivity contribution < 1.29 is 0 Å². The molecular weight excluding hydrogens is 558 g/mol. The number of nitrogens with zero attached hydrogens (tertiary/aromatic N) is 3. The maximum Gasteiger partial charge on any atom is 0.100 e. The molecule has 0 fully saturated rings. The first-order valence-corrected chi connectivity index (χ1v) is 15.5. The van der Waals surface area contributed by atoms with Gasteiger partial charge < -0.3 is 9.13 Å². The molecule has 0 spiro atoms. The third kappa shape index (κ3) is 3.91. The van der Waals surface area contributed by atoms with Gasteiger partial charge in [-0.05, 0) is 59.7 Å². The Hall–Kier alpha value is -6.37. The number of fused-ring (bicyclic) bond motifs is 6. The molecule has 0 saturated heterocycles. The van der Waals surface area contributed by atoms with Gasteiger partial charge in [0.15, 0.2) is 0 Å². The summed E-state index contributed by atoms with van der Waals surface area (Å²) in [5, 5.41) is 15.5. The van der Waals surface area contributed by atoms with Crippen LogP contribution in [0.1, 0.15) is 5.56 Å². The molecule has 0 radical (unpaired) electrons. The molecule has 2 heterocycles. The van der Waals surface area contributed by atoms with Crippen molar-refractivity contribution in [2.45, 2.75) is 0 Å². The van der Waals surface area contributed by atoms with E-state index in [4.69, 9.17) is 0 Å². The first-order valence-electron chi connectivity index (χ1n) is 15.5. The third-order valence-corrected chi connectivity index (χ3v) is 9.17. The molecule has 0 aliphatic heterocycles. The first kappa shape index (κ1) is 26.1. The molecule has 3 heteroatoms. The summed E-state index contributed by atoms with van der Waals surface area (Å²) in [7, 11) is 0. The van der Waals surface area contributed by atoms with Crippen molar-refractivity contribution in [3.8, 4) is 39.7 Å². The fraction of sp³-hybridized carbons (Fsp3) is 0. The van der Waals surface area contributed by atoms with Crippen molar-refractivity contribution >= 4 is 43.6 Å². The quantitative estimate of drug-likeness (QED) is 0.202. The average Bonchev–Trinajstić information content (AvgIpc) is 3.64. The molecule has 0 bridgehead atoms. The van der Waals surface area contributed by atoms with Crippen LogP contribution in [0, 0.1) is 11.3 Å². The highest BCUT2D eigenvalue weighted by Gasteiger charge is 2.17. The molecule has 2 aromatic heterocycles. The number of para-hydroxylation sites is 4. The lowest BCUT2D eigenvalue weighted by Crippen LogP contribution is -1.96. The molecule has 0 amide bonds. The molecule has 7 aromatic carbocycles. The third-order valence-electron chi connectivity index (χ3n) is 9.17. The van der Waals surface area contributed by atoms with Crippen LogP contribution in [0.4, 0.5) is 0 Å². The Morgan fingerprint density at radius 1 is 0.370 bits per heavy atom. The maximum absolute atomic E-state index is 10.6. The van der Waals surface area contributed by atoms with Crippen LogP contribution in [-0.4, -0.2) is 9.13 Å². The summed E-state index contributed by atoms with van der Waals surface area (Å²) in [6, 6.07) is 60.0. The Labute approximate surface area is 266 Å². The van der Waals surface area contributed by atoms with Crippen molar-refractivity contribution in [1.29, 1.82) is 5.26 Å². The van der Waals surface area contributed by atoms with Crippen molar-refractivity contribution in [3.63, 3.8) is 0 Å². The molecule has 0 aliphatic carbocycles. The molecular formula is C43H27N3. The van der Waals surface area contributed by atoms with Gasteiger partial charge in [-0.1, -0.05) is 115 Å². The molecule has 0 aliphatic rings. The molecule has 3 nitrogen and oxygen atoms in total. The predicted octanol–water partition coefficient (Wildman–Crippen LogP) is 11.1. The van der Waals surface area contributed by atoms with Crippen molar-refractivity contribution in [2.24, 2.45) is 0 Å². The minimum atomic E-state index is 0.668. The summed E-state index contributed by atoms with van der Waals surface area (Å²) in [5.41, 5.74) is 11.3. The van der Waals surface area contributed by atoms with Gasteiger partial charge in [-0.25, -0.2) is 0 Å². The Balaban J connectivity index is 1.20. The topological polar surface area (TPSA) is 33.6 Å². The second-order valence-electron chi connectivity index (χ2n) is 11.7. The fourth-order valence-corrected chi connectivity index (χ4v) is 7.18. The van der Waals surface area contributed by atoms with Gasteiger partial charge >= 0.3 is 0 Å². The van der Waals surface area contributed by atoms with Gasteiger partial charge in [0.25, 0.3) is 0 Å². The van der Waals surface area contributed by atoms with Crippen LogP contribution in [0.15, 0.2) is 164 Å². The van der Waals surface area contributed by atoms with E-state index in [1.165, 1.54) is 21.5 Å². The van der Waals surface area contributed by atoms with E-state index in [2.05, 4.69) is 179 Å². The number of rotatable bonds is 4. The standard InChI is InChI=1S/C43H27N3/c44-28-39-33(29-12-9-14-31(26-29)45-40-22-5-1-16-35(40)36-17-2-6-23-41(36)45)20-11-21-34(39)30-13-10-15-32(27-30)46-42-24-7-3-18-37(42)38-19-4-8-25-43(38)46/h1-27H. The second kappa shape index (κ2) is 10.4. The zero-order valence-electron chi connectivity index (χ0n) is 24.9. The van der Waals surface area contributed by atoms with Crippen LogP contribution in [-0.2, 0) is 0 Å². The molecule has 0 saturated carbocycles. The summed E-state index contributed by atoms with van der Waals surface area (Å²) in [4.78, 5) is 0. The molecule has 0 N–H and O–H groups in total. The van der Waals surface area contributed by atoms with Crippen molar-refractivity contribution in [1.82, 2.24) is 9.13 Å². The zero-order valence-corrected chi connectivity index (χ0v) is 24.9. The van der Waals surface area contributed by atoms with E-state index in [-0.39, 0.29) is 0 Å². The number of benzene rings is 7. The minimum Gasteiger partial charge on any atom is -0.309 e. The van der Waals surface area contributed by atoms with Gasteiger partial charge in [-0.3, -0.25) is 0 Å². The van der Waals surface area contributed by atoms with E-state index >= 15 is 0 Å². The lowest BCUT2D eigenvalue weighted by Gasteiger charge is -2.14. The fourth-order valence-electron chi connectivity index (χ4n) is 7.18. The summed E-state index contributed by atoms with van der Waals surface area (Å²) >= 11 is 0. The van der Waals surface area contributed by atoms with Crippen LogP contribution in [0.5, 0.6) is 0 Å².